The van der Waals surface area contributed by atoms with Gasteiger partial charge in [0.05, 0.1) is 19.1 Å². The van der Waals surface area contributed by atoms with Crippen LogP contribution < -0.4 is 14.4 Å². The predicted molar refractivity (Wildman–Crippen MR) is 130 cm³/mol. The Bertz CT molecular complexity index is 1090. The molecule has 0 saturated heterocycles. The van der Waals surface area contributed by atoms with E-state index < -0.39 is 28.5 Å². The standard InChI is InChI=1S/C23H30ClN3O5S/c1-16(2)25-23(29)17(3)26(14-18-10-6-7-11-19(18)24)22(28)15-27(33(5,30)31)20-12-8-9-13-21(20)32-4/h6-13,16-17H,14-15H2,1-5H3,(H,25,29)/t17-/m0/s1. The Morgan fingerprint density at radius 1 is 1.06 bits per heavy atom. The van der Waals surface area contributed by atoms with Crippen molar-refractivity contribution in [2.45, 2.75) is 39.4 Å². The summed E-state index contributed by atoms with van der Waals surface area (Å²) in [5, 5.41) is 3.24. The van der Waals surface area contributed by atoms with E-state index in [1.165, 1.54) is 12.0 Å². The Morgan fingerprint density at radius 3 is 2.24 bits per heavy atom. The molecule has 0 fully saturated rings. The van der Waals surface area contributed by atoms with Crippen molar-refractivity contribution in [2.75, 3.05) is 24.2 Å². The minimum Gasteiger partial charge on any atom is -0.495 e. The summed E-state index contributed by atoms with van der Waals surface area (Å²) < 4.78 is 31.5. The van der Waals surface area contributed by atoms with Gasteiger partial charge in [0.1, 0.15) is 18.3 Å². The molecule has 33 heavy (non-hydrogen) atoms. The number of nitrogens with one attached hydrogen (secondary N) is 1. The van der Waals surface area contributed by atoms with Crippen molar-refractivity contribution in [2.24, 2.45) is 0 Å². The van der Waals surface area contributed by atoms with E-state index in [0.717, 1.165) is 10.6 Å². The van der Waals surface area contributed by atoms with Gasteiger partial charge in [-0.2, -0.15) is 0 Å². The van der Waals surface area contributed by atoms with Gasteiger partial charge in [0, 0.05) is 17.6 Å². The topological polar surface area (TPSA) is 96.0 Å². The molecule has 0 saturated carbocycles. The summed E-state index contributed by atoms with van der Waals surface area (Å²) in [6.07, 6.45) is 1.01. The monoisotopic (exact) mass is 495 g/mol. The number of carbonyl (C=O) groups is 2. The van der Waals surface area contributed by atoms with Crippen LogP contribution in [0.25, 0.3) is 0 Å². The van der Waals surface area contributed by atoms with Gasteiger partial charge in [-0.1, -0.05) is 41.9 Å². The number of para-hydroxylation sites is 2. The van der Waals surface area contributed by atoms with Crippen molar-refractivity contribution in [3.63, 3.8) is 0 Å². The van der Waals surface area contributed by atoms with E-state index in [2.05, 4.69) is 5.32 Å². The van der Waals surface area contributed by atoms with Gasteiger partial charge in [-0.15, -0.1) is 0 Å². The molecule has 2 amide bonds. The van der Waals surface area contributed by atoms with Crippen molar-refractivity contribution in [3.05, 3.63) is 59.1 Å². The molecule has 0 aliphatic carbocycles. The lowest BCUT2D eigenvalue weighted by atomic mass is 10.1. The van der Waals surface area contributed by atoms with E-state index in [9.17, 15) is 18.0 Å². The normalized spacial score (nSPS) is 12.2. The maximum Gasteiger partial charge on any atom is 0.244 e. The highest BCUT2D eigenvalue weighted by atomic mass is 35.5. The van der Waals surface area contributed by atoms with Gasteiger partial charge < -0.3 is 15.0 Å². The van der Waals surface area contributed by atoms with Crippen LogP contribution in [0.5, 0.6) is 5.75 Å². The van der Waals surface area contributed by atoms with E-state index in [0.29, 0.717) is 16.3 Å². The van der Waals surface area contributed by atoms with Crippen LogP contribution in [-0.4, -0.2) is 57.1 Å². The lowest BCUT2D eigenvalue weighted by Crippen LogP contribution is -2.52. The molecule has 2 rings (SSSR count). The van der Waals surface area contributed by atoms with Crippen LogP contribution in [0.4, 0.5) is 5.69 Å². The Hall–Kier alpha value is -2.78. The van der Waals surface area contributed by atoms with Gasteiger partial charge in [-0.3, -0.25) is 13.9 Å². The first-order valence-electron chi connectivity index (χ1n) is 10.4. The molecule has 0 spiro atoms. The minimum atomic E-state index is -3.85. The van der Waals surface area contributed by atoms with Gasteiger partial charge in [0.2, 0.25) is 21.8 Å². The molecule has 0 aliphatic rings. The second-order valence-corrected chi connectivity index (χ2v) is 10.2. The zero-order valence-electron chi connectivity index (χ0n) is 19.4. The number of amides is 2. The smallest absolute Gasteiger partial charge is 0.244 e. The number of ether oxygens (including phenoxy) is 1. The van der Waals surface area contributed by atoms with Crippen molar-refractivity contribution >= 4 is 39.1 Å². The Morgan fingerprint density at radius 2 is 1.67 bits per heavy atom. The van der Waals surface area contributed by atoms with Crippen molar-refractivity contribution in [1.82, 2.24) is 10.2 Å². The number of hydrogen-bond donors (Lipinski definition) is 1. The average Bonchev–Trinajstić information content (AvgIpc) is 2.75. The van der Waals surface area contributed by atoms with Crippen LogP contribution in [0, 0.1) is 0 Å². The molecule has 8 nitrogen and oxygen atoms in total. The first-order chi connectivity index (χ1) is 15.5. The quantitative estimate of drug-likeness (QED) is 0.546. The van der Waals surface area contributed by atoms with Gasteiger partial charge in [0.15, 0.2) is 0 Å². The number of nitrogens with zero attached hydrogens (tertiary/aromatic N) is 2. The van der Waals surface area contributed by atoms with Crippen LogP contribution in [0.2, 0.25) is 5.02 Å². The fourth-order valence-corrected chi connectivity index (χ4v) is 4.28. The third-order valence-electron chi connectivity index (χ3n) is 4.93. The summed E-state index contributed by atoms with van der Waals surface area (Å²) in [5.74, 6) is -0.606. The third-order valence-corrected chi connectivity index (χ3v) is 6.43. The van der Waals surface area contributed by atoms with E-state index in [1.54, 1.807) is 55.5 Å². The molecule has 2 aromatic rings. The summed E-state index contributed by atoms with van der Waals surface area (Å²) >= 11 is 6.29. The number of benzene rings is 2. The van der Waals surface area contributed by atoms with Crippen LogP contribution in [-0.2, 0) is 26.2 Å². The highest BCUT2D eigenvalue weighted by Crippen LogP contribution is 2.30. The molecule has 0 heterocycles. The fraction of sp³-hybridized carbons (Fsp3) is 0.391. The van der Waals surface area contributed by atoms with E-state index in [1.807, 2.05) is 13.8 Å². The zero-order valence-corrected chi connectivity index (χ0v) is 21.0. The van der Waals surface area contributed by atoms with Crippen LogP contribution >= 0.6 is 11.6 Å². The molecule has 0 aromatic heterocycles. The van der Waals surface area contributed by atoms with Crippen molar-refractivity contribution < 1.29 is 22.7 Å². The zero-order chi connectivity index (χ0) is 24.8. The first-order valence-corrected chi connectivity index (χ1v) is 12.6. The van der Waals surface area contributed by atoms with Gasteiger partial charge in [0.25, 0.3) is 0 Å². The summed E-state index contributed by atoms with van der Waals surface area (Å²) in [5.41, 5.74) is 0.868. The summed E-state index contributed by atoms with van der Waals surface area (Å²) in [4.78, 5) is 27.5. The highest BCUT2D eigenvalue weighted by molar-refractivity contribution is 7.92. The number of rotatable bonds is 10. The predicted octanol–water partition coefficient (Wildman–Crippen LogP) is 3.06. The second-order valence-electron chi connectivity index (χ2n) is 7.89. The molecule has 0 unspecified atom stereocenters. The SMILES string of the molecule is COc1ccccc1N(CC(=O)N(Cc1ccccc1Cl)[C@@H](C)C(=O)NC(C)C)S(C)(=O)=O. The Kier molecular flexibility index (Phi) is 9.13. The highest BCUT2D eigenvalue weighted by Gasteiger charge is 2.31. The average molecular weight is 496 g/mol. The Balaban J connectivity index is 2.44. The maximum atomic E-state index is 13.5. The van der Waals surface area contributed by atoms with Crippen molar-refractivity contribution in [1.29, 1.82) is 0 Å². The van der Waals surface area contributed by atoms with Gasteiger partial charge in [-0.25, -0.2) is 8.42 Å². The number of hydrogen-bond acceptors (Lipinski definition) is 5. The lowest BCUT2D eigenvalue weighted by molar-refractivity contribution is -0.139. The molecule has 0 aliphatic heterocycles. The van der Waals surface area contributed by atoms with Crippen molar-refractivity contribution in [3.8, 4) is 5.75 Å². The molecule has 1 N–H and O–H groups in total. The third kappa shape index (κ3) is 7.10. The minimum absolute atomic E-state index is 0.0364. The van der Waals surface area contributed by atoms with E-state index >= 15 is 0 Å². The van der Waals surface area contributed by atoms with Crippen LogP contribution in [0.1, 0.15) is 26.3 Å². The molecule has 0 bridgehead atoms. The lowest BCUT2D eigenvalue weighted by Gasteiger charge is -2.32. The van der Waals surface area contributed by atoms with Gasteiger partial charge in [-0.05, 0) is 44.5 Å². The summed E-state index contributed by atoms with van der Waals surface area (Å²) in [7, 11) is -2.43. The largest absolute Gasteiger partial charge is 0.495 e. The van der Waals surface area contributed by atoms with Crippen LogP contribution in [0.15, 0.2) is 48.5 Å². The molecule has 2 aromatic carbocycles. The number of methoxy groups -OCH3 is 1. The molecule has 180 valence electrons. The maximum absolute atomic E-state index is 13.5. The fourth-order valence-electron chi connectivity index (χ4n) is 3.23. The summed E-state index contributed by atoms with van der Waals surface area (Å²) in [6, 6.07) is 12.5. The number of anilines is 1. The molecule has 1 atom stereocenters. The second kappa shape index (κ2) is 11.4. The number of carbonyl (C=O) groups excluding carboxylic acids is 2. The Labute approximate surface area is 200 Å². The summed E-state index contributed by atoms with van der Waals surface area (Å²) in [6.45, 7) is 4.76. The number of sulfonamides is 1. The van der Waals surface area contributed by atoms with Crippen LogP contribution in [0.3, 0.4) is 0 Å². The first kappa shape index (κ1) is 26.5. The molecule has 10 heteroatoms. The molecule has 0 radical (unpaired) electrons. The van der Waals surface area contributed by atoms with Gasteiger partial charge >= 0.3 is 0 Å². The molecular formula is C23H30ClN3O5S. The molecular weight excluding hydrogens is 466 g/mol. The van der Waals surface area contributed by atoms with E-state index in [4.69, 9.17) is 16.3 Å². The number of halogens is 1. The van der Waals surface area contributed by atoms with E-state index in [-0.39, 0.29) is 24.2 Å².